The van der Waals surface area contributed by atoms with Crippen molar-refractivity contribution in [2.24, 2.45) is 0 Å². The molecule has 138 valence electrons. The third kappa shape index (κ3) is 9.01. The predicted molar refractivity (Wildman–Crippen MR) is 90.4 cm³/mol. The smallest absolute Gasteiger partial charge is 0.114 e. The lowest BCUT2D eigenvalue weighted by Crippen LogP contribution is -2.40. The Labute approximate surface area is 141 Å². The minimum Gasteiger partial charge on any atom is -0.388 e. The summed E-state index contributed by atoms with van der Waals surface area (Å²) in [5.74, 6) is 0. The molecule has 1 heterocycles. The maximum atomic E-state index is 9.88. The van der Waals surface area contributed by atoms with E-state index < -0.39 is 24.4 Å². The van der Waals surface area contributed by atoms with Crippen molar-refractivity contribution >= 4 is 0 Å². The number of rotatable bonds is 14. The molecule has 0 aromatic carbocycles. The van der Waals surface area contributed by atoms with Crippen LogP contribution < -0.4 is 0 Å². The van der Waals surface area contributed by atoms with Gasteiger partial charge in [-0.15, -0.1) is 0 Å². The van der Waals surface area contributed by atoms with Gasteiger partial charge in [0.05, 0.1) is 13.2 Å². The summed E-state index contributed by atoms with van der Waals surface area (Å²) in [5, 5.41) is 28.9. The minimum atomic E-state index is -1.02. The molecule has 1 aliphatic rings. The second-order valence-electron chi connectivity index (χ2n) is 6.68. The van der Waals surface area contributed by atoms with Gasteiger partial charge in [0.2, 0.25) is 0 Å². The Morgan fingerprint density at radius 1 is 0.957 bits per heavy atom. The summed E-state index contributed by atoms with van der Waals surface area (Å²) in [6.45, 7) is 3.08. The summed E-state index contributed by atoms with van der Waals surface area (Å²) in [6.07, 6.45) is 9.27. The van der Waals surface area contributed by atoms with Crippen molar-refractivity contribution < 1.29 is 24.8 Å². The van der Waals surface area contributed by atoms with Crippen LogP contribution in [-0.4, -0.2) is 59.6 Å². The number of aliphatic hydroxyl groups is 3. The van der Waals surface area contributed by atoms with Gasteiger partial charge in [0, 0.05) is 6.61 Å². The second kappa shape index (κ2) is 13.1. The standard InChI is InChI=1S/C18H36O5/c1-2-3-4-5-6-7-8-9-10-11-12-22-13-16(20)18-17(21)15(19)14-23-18/h15-21H,2-14H2,1H3/t15-,16+,17+,18+/m1/s1. The predicted octanol–water partition coefficient (Wildman–Crippen LogP) is 2.41. The average Bonchev–Trinajstić information content (AvgIpc) is 2.88. The zero-order chi connectivity index (χ0) is 16.9. The Balaban J connectivity index is 1.84. The Kier molecular flexibility index (Phi) is 11.9. The molecule has 5 nitrogen and oxygen atoms in total. The van der Waals surface area contributed by atoms with Crippen LogP contribution in [-0.2, 0) is 9.47 Å². The normalized spacial score (nSPS) is 25.8. The maximum Gasteiger partial charge on any atom is 0.114 e. The molecule has 1 aliphatic heterocycles. The first-order valence-electron chi connectivity index (χ1n) is 9.40. The van der Waals surface area contributed by atoms with E-state index in [2.05, 4.69) is 6.92 Å². The van der Waals surface area contributed by atoms with Crippen molar-refractivity contribution in [1.29, 1.82) is 0 Å². The van der Waals surface area contributed by atoms with Gasteiger partial charge < -0.3 is 24.8 Å². The molecule has 0 amide bonds. The molecule has 1 rings (SSSR count). The third-order valence-electron chi connectivity index (χ3n) is 4.50. The maximum absolute atomic E-state index is 9.88. The number of hydrogen-bond acceptors (Lipinski definition) is 5. The fourth-order valence-electron chi connectivity index (χ4n) is 2.95. The Morgan fingerprint density at radius 3 is 2.04 bits per heavy atom. The molecule has 0 radical (unpaired) electrons. The van der Waals surface area contributed by atoms with E-state index in [0.717, 1.165) is 12.8 Å². The van der Waals surface area contributed by atoms with Gasteiger partial charge in [0.25, 0.3) is 0 Å². The van der Waals surface area contributed by atoms with Crippen molar-refractivity contribution in [2.45, 2.75) is 95.5 Å². The molecule has 0 spiro atoms. The molecule has 0 unspecified atom stereocenters. The second-order valence-corrected chi connectivity index (χ2v) is 6.68. The molecule has 1 fully saturated rings. The molecule has 5 heteroatoms. The van der Waals surface area contributed by atoms with Crippen LogP contribution >= 0.6 is 0 Å². The molecule has 1 saturated heterocycles. The van der Waals surface area contributed by atoms with E-state index in [4.69, 9.17) is 9.47 Å². The summed E-state index contributed by atoms with van der Waals surface area (Å²) in [4.78, 5) is 0. The quantitative estimate of drug-likeness (QED) is 0.426. The van der Waals surface area contributed by atoms with E-state index >= 15 is 0 Å². The molecule has 0 aliphatic carbocycles. The lowest BCUT2D eigenvalue weighted by molar-refractivity contribution is -0.0813. The van der Waals surface area contributed by atoms with Crippen LogP contribution in [0.3, 0.4) is 0 Å². The summed E-state index contributed by atoms with van der Waals surface area (Å²) >= 11 is 0. The van der Waals surface area contributed by atoms with Gasteiger partial charge in [-0.1, -0.05) is 64.7 Å². The zero-order valence-electron chi connectivity index (χ0n) is 14.7. The van der Waals surface area contributed by atoms with E-state index in [9.17, 15) is 15.3 Å². The lowest BCUT2D eigenvalue weighted by Gasteiger charge is -2.20. The van der Waals surface area contributed by atoms with Crippen LogP contribution in [0.2, 0.25) is 0 Å². The van der Waals surface area contributed by atoms with E-state index in [1.165, 1.54) is 51.4 Å². The van der Waals surface area contributed by atoms with Crippen molar-refractivity contribution in [1.82, 2.24) is 0 Å². The van der Waals surface area contributed by atoms with Gasteiger partial charge >= 0.3 is 0 Å². The van der Waals surface area contributed by atoms with Crippen LogP contribution in [0, 0.1) is 0 Å². The molecule has 4 atom stereocenters. The topological polar surface area (TPSA) is 79.2 Å². The van der Waals surface area contributed by atoms with Crippen molar-refractivity contribution in [3.05, 3.63) is 0 Å². The van der Waals surface area contributed by atoms with Gasteiger partial charge in [0.1, 0.15) is 24.4 Å². The van der Waals surface area contributed by atoms with Crippen molar-refractivity contribution in [3.63, 3.8) is 0 Å². The molecule has 23 heavy (non-hydrogen) atoms. The highest BCUT2D eigenvalue weighted by Gasteiger charge is 2.39. The first kappa shape index (κ1) is 20.8. The van der Waals surface area contributed by atoms with Gasteiger partial charge in [-0.05, 0) is 6.42 Å². The summed E-state index contributed by atoms with van der Waals surface area (Å²) in [6, 6.07) is 0. The van der Waals surface area contributed by atoms with Crippen LogP contribution in [0.5, 0.6) is 0 Å². The van der Waals surface area contributed by atoms with Crippen LogP contribution in [0.25, 0.3) is 0 Å². The number of aliphatic hydroxyl groups excluding tert-OH is 3. The van der Waals surface area contributed by atoms with Crippen molar-refractivity contribution in [3.8, 4) is 0 Å². The van der Waals surface area contributed by atoms with Crippen LogP contribution in [0.4, 0.5) is 0 Å². The summed E-state index contributed by atoms with van der Waals surface area (Å²) in [7, 11) is 0. The fraction of sp³-hybridized carbons (Fsp3) is 1.00. The van der Waals surface area contributed by atoms with Gasteiger partial charge in [-0.2, -0.15) is 0 Å². The third-order valence-corrected chi connectivity index (χ3v) is 4.50. The van der Waals surface area contributed by atoms with E-state index in [0.29, 0.717) is 6.61 Å². The number of hydrogen-bond donors (Lipinski definition) is 3. The molecule has 3 N–H and O–H groups in total. The summed E-state index contributed by atoms with van der Waals surface area (Å²) < 4.78 is 10.6. The SMILES string of the molecule is CCCCCCCCCCCCOC[C@H](O)[C@@H]1OC[C@@H](O)[C@@H]1O. The number of ether oxygens (including phenoxy) is 2. The minimum absolute atomic E-state index is 0.0708. The molecule has 0 aromatic rings. The largest absolute Gasteiger partial charge is 0.388 e. The molecular weight excluding hydrogens is 296 g/mol. The van der Waals surface area contributed by atoms with Gasteiger partial charge in [-0.3, -0.25) is 0 Å². The van der Waals surface area contributed by atoms with E-state index in [1.807, 2.05) is 0 Å². The van der Waals surface area contributed by atoms with E-state index in [1.54, 1.807) is 0 Å². The first-order valence-corrected chi connectivity index (χ1v) is 9.40. The molecule has 0 aromatic heterocycles. The highest BCUT2D eigenvalue weighted by Crippen LogP contribution is 2.18. The molecule has 0 bridgehead atoms. The van der Waals surface area contributed by atoms with Gasteiger partial charge in [-0.25, -0.2) is 0 Å². The van der Waals surface area contributed by atoms with Crippen LogP contribution in [0.15, 0.2) is 0 Å². The number of unbranched alkanes of at least 4 members (excludes halogenated alkanes) is 9. The summed E-state index contributed by atoms with van der Waals surface area (Å²) in [5.41, 5.74) is 0. The Morgan fingerprint density at radius 2 is 1.52 bits per heavy atom. The van der Waals surface area contributed by atoms with E-state index in [-0.39, 0.29) is 13.2 Å². The Hall–Kier alpha value is -0.200. The molecule has 0 saturated carbocycles. The monoisotopic (exact) mass is 332 g/mol. The zero-order valence-corrected chi connectivity index (χ0v) is 14.7. The van der Waals surface area contributed by atoms with Gasteiger partial charge in [0.15, 0.2) is 0 Å². The fourth-order valence-corrected chi connectivity index (χ4v) is 2.95. The highest BCUT2D eigenvalue weighted by molar-refractivity contribution is 4.87. The Bertz CT molecular complexity index is 274. The van der Waals surface area contributed by atoms with Crippen LogP contribution in [0.1, 0.15) is 71.1 Å². The lowest BCUT2D eigenvalue weighted by atomic mass is 10.1. The molecular formula is C18H36O5. The van der Waals surface area contributed by atoms with Crippen molar-refractivity contribution in [2.75, 3.05) is 19.8 Å². The first-order chi connectivity index (χ1) is 11.2. The highest BCUT2D eigenvalue weighted by atomic mass is 16.5. The average molecular weight is 332 g/mol.